The summed E-state index contributed by atoms with van der Waals surface area (Å²) in [5.74, 6) is 0.183. The van der Waals surface area contributed by atoms with Crippen molar-refractivity contribution in [3.8, 4) is 5.75 Å². The third-order valence-electron chi connectivity index (χ3n) is 4.14. The van der Waals surface area contributed by atoms with Crippen LogP contribution < -0.4 is 4.74 Å². The molecule has 0 atom stereocenters. The summed E-state index contributed by atoms with van der Waals surface area (Å²) in [7, 11) is 1.66. The average Bonchev–Trinajstić information content (AvgIpc) is 3.07. The molecule has 0 aliphatic heterocycles. The molecule has 18 heavy (non-hydrogen) atoms. The van der Waals surface area contributed by atoms with Crippen LogP contribution in [0.25, 0.3) is 0 Å². The van der Waals surface area contributed by atoms with Gasteiger partial charge in [0.1, 0.15) is 5.75 Å². The molecule has 0 aromatic heterocycles. The molecule has 0 bridgehead atoms. The number of carbonyl (C=O) groups is 1. The highest BCUT2D eigenvalue weighted by Crippen LogP contribution is 2.50. The van der Waals surface area contributed by atoms with Gasteiger partial charge in [-0.1, -0.05) is 6.07 Å². The van der Waals surface area contributed by atoms with Crippen LogP contribution in [0, 0.1) is 26.2 Å². The third kappa shape index (κ3) is 1.98. The van der Waals surface area contributed by atoms with E-state index in [9.17, 15) is 9.90 Å². The van der Waals surface area contributed by atoms with Gasteiger partial charge in [0.15, 0.2) is 0 Å². The summed E-state index contributed by atoms with van der Waals surface area (Å²) in [6, 6.07) is 2.12. The van der Waals surface area contributed by atoms with Crippen molar-refractivity contribution >= 4 is 5.97 Å². The zero-order valence-electron chi connectivity index (χ0n) is 11.5. The maximum absolute atomic E-state index is 11.3. The Morgan fingerprint density at radius 2 is 1.94 bits per heavy atom. The van der Waals surface area contributed by atoms with Crippen molar-refractivity contribution in [1.82, 2.24) is 0 Å². The first-order valence-corrected chi connectivity index (χ1v) is 6.28. The summed E-state index contributed by atoms with van der Waals surface area (Å²) in [5.41, 5.74) is 3.94. The maximum Gasteiger partial charge on any atom is 0.309 e. The predicted molar refractivity (Wildman–Crippen MR) is 70.2 cm³/mol. The lowest BCUT2D eigenvalue weighted by atomic mass is 9.90. The summed E-state index contributed by atoms with van der Waals surface area (Å²) in [5, 5.41) is 9.30. The van der Waals surface area contributed by atoms with E-state index in [0.717, 1.165) is 35.3 Å². The molecule has 0 heterocycles. The summed E-state index contributed by atoms with van der Waals surface area (Å²) in [6.07, 6.45) is 2.13. The Labute approximate surface area is 108 Å². The van der Waals surface area contributed by atoms with Gasteiger partial charge in [-0.25, -0.2) is 0 Å². The first-order chi connectivity index (χ1) is 8.41. The molecular weight excluding hydrogens is 228 g/mol. The van der Waals surface area contributed by atoms with Gasteiger partial charge in [-0.3, -0.25) is 4.79 Å². The number of hydrogen-bond acceptors (Lipinski definition) is 2. The number of rotatable bonds is 4. The Bertz CT molecular complexity index is 499. The van der Waals surface area contributed by atoms with Gasteiger partial charge in [0.2, 0.25) is 0 Å². The molecule has 0 amide bonds. The van der Waals surface area contributed by atoms with Crippen LogP contribution in [0.1, 0.15) is 35.1 Å². The van der Waals surface area contributed by atoms with Gasteiger partial charge >= 0.3 is 5.97 Å². The van der Waals surface area contributed by atoms with Crippen LogP contribution in [-0.4, -0.2) is 18.2 Å². The summed E-state index contributed by atoms with van der Waals surface area (Å²) in [6.45, 7) is 6.11. The van der Waals surface area contributed by atoms with Gasteiger partial charge in [0.25, 0.3) is 0 Å². The molecule has 0 spiro atoms. The fraction of sp³-hybridized carbons (Fsp3) is 0.533. The lowest BCUT2D eigenvalue weighted by molar-refractivity contribution is -0.143. The first-order valence-electron chi connectivity index (χ1n) is 6.28. The lowest BCUT2D eigenvalue weighted by Gasteiger charge is -2.19. The highest BCUT2D eigenvalue weighted by atomic mass is 16.5. The number of carboxylic acids is 1. The molecule has 1 fully saturated rings. The molecule has 3 heteroatoms. The SMILES string of the molecule is COc1c(C)c(C)cc(C)c1CC1(C(=O)O)CC1. The average molecular weight is 248 g/mol. The number of ether oxygens (including phenoxy) is 1. The Hall–Kier alpha value is -1.51. The fourth-order valence-corrected chi connectivity index (χ4v) is 2.56. The zero-order valence-corrected chi connectivity index (χ0v) is 11.5. The van der Waals surface area contributed by atoms with Crippen LogP contribution in [0.3, 0.4) is 0 Å². The molecule has 1 aromatic carbocycles. The van der Waals surface area contributed by atoms with Gasteiger partial charge in [0.05, 0.1) is 12.5 Å². The Balaban J connectivity index is 2.45. The van der Waals surface area contributed by atoms with Crippen molar-refractivity contribution in [2.24, 2.45) is 5.41 Å². The number of methoxy groups -OCH3 is 1. The number of hydrogen-bond donors (Lipinski definition) is 1. The molecule has 0 radical (unpaired) electrons. The quantitative estimate of drug-likeness (QED) is 0.890. The third-order valence-corrected chi connectivity index (χ3v) is 4.14. The molecule has 1 aromatic rings. The van der Waals surface area contributed by atoms with Crippen LogP contribution in [0.4, 0.5) is 0 Å². The van der Waals surface area contributed by atoms with Crippen molar-refractivity contribution in [3.63, 3.8) is 0 Å². The molecule has 1 aliphatic carbocycles. The second-order valence-electron chi connectivity index (χ2n) is 5.41. The molecule has 0 unspecified atom stereocenters. The fourth-order valence-electron chi connectivity index (χ4n) is 2.56. The number of aryl methyl sites for hydroxylation is 2. The van der Waals surface area contributed by atoms with Crippen LogP contribution in [-0.2, 0) is 11.2 Å². The van der Waals surface area contributed by atoms with E-state index in [2.05, 4.69) is 13.0 Å². The molecule has 1 aliphatic rings. The van der Waals surface area contributed by atoms with E-state index >= 15 is 0 Å². The summed E-state index contributed by atoms with van der Waals surface area (Å²) < 4.78 is 5.50. The molecular formula is C15H20O3. The molecule has 3 nitrogen and oxygen atoms in total. The maximum atomic E-state index is 11.3. The van der Waals surface area contributed by atoms with Crippen molar-refractivity contribution in [2.75, 3.05) is 7.11 Å². The first kappa shape index (κ1) is 12.9. The van der Waals surface area contributed by atoms with Crippen molar-refractivity contribution in [1.29, 1.82) is 0 Å². The minimum absolute atomic E-state index is 0.542. The Kier molecular flexibility index (Phi) is 3.09. The molecule has 2 rings (SSSR count). The second kappa shape index (κ2) is 4.30. The largest absolute Gasteiger partial charge is 0.496 e. The van der Waals surface area contributed by atoms with E-state index in [0.29, 0.717) is 6.42 Å². The van der Waals surface area contributed by atoms with Gasteiger partial charge in [-0.2, -0.15) is 0 Å². The van der Waals surface area contributed by atoms with E-state index < -0.39 is 11.4 Å². The topological polar surface area (TPSA) is 46.5 Å². The normalized spacial score (nSPS) is 16.4. The number of aliphatic carboxylic acids is 1. The van der Waals surface area contributed by atoms with Crippen molar-refractivity contribution in [2.45, 2.75) is 40.0 Å². The standard InChI is InChI=1S/C15H20O3/c1-9-7-10(2)12(13(18-4)11(9)3)8-15(5-6-15)14(16)17/h7H,5-6,8H2,1-4H3,(H,16,17). The van der Waals surface area contributed by atoms with E-state index in [1.807, 2.05) is 13.8 Å². The van der Waals surface area contributed by atoms with Crippen LogP contribution in [0.5, 0.6) is 5.75 Å². The highest BCUT2D eigenvalue weighted by molar-refractivity contribution is 5.78. The molecule has 0 saturated heterocycles. The smallest absolute Gasteiger partial charge is 0.309 e. The minimum atomic E-state index is -0.679. The van der Waals surface area contributed by atoms with Gasteiger partial charge in [-0.15, -0.1) is 0 Å². The zero-order chi connectivity index (χ0) is 13.5. The highest BCUT2D eigenvalue weighted by Gasteiger charge is 2.50. The molecule has 1 N–H and O–H groups in total. The lowest BCUT2D eigenvalue weighted by Crippen LogP contribution is -2.19. The number of benzene rings is 1. The molecule has 98 valence electrons. The van der Waals surface area contributed by atoms with E-state index in [1.54, 1.807) is 7.11 Å². The Morgan fingerprint density at radius 3 is 2.39 bits per heavy atom. The van der Waals surface area contributed by atoms with Crippen molar-refractivity contribution in [3.05, 3.63) is 28.3 Å². The Morgan fingerprint density at radius 1 is 1.33 bits per heavy atom. The predicted octanol–water partition coefficient (Wildman–Crippen LogP) is 3.03. The van der Waals surface area contributed by atoms with Gasteiger partial charge in [0, 0.05) is 0 Å². The van der Waals surface area contributed by atoms with E-state index in [-0.39, 0.29) is 0 Å². The second-order valence-corrected chi connectivity index (χ2v) is 5.41. The van der Waals surface area contributed by atoms with Crippen molar-refractivity contribution < 1.29 is 14.6 Å². The van der Waals surface area contributed by atoms with Gasteiger partial charge < -0.3 is 9.84 Å². The molecule has 1 saturated carbocycles. The summed E-state index contributed by atoms with van der Waals surface area (Å²) >= 11 is 0. The van der Waals surface area contributed by atoms with Crippen LogP contribution >= 0.6 is 0 Å². The van der Waals surface area contributed by atoms with Crippen LogP contribution in [0.2, 0.25) is 0 Å². The van der Waals surface area contributed by atoms with E-state index in [4.69, 9.17) is 4.74 Å². The minimum Gasteiger partial charge on any atom is -0.496 e. The monoisotopic (exact) mass is 248 g/mol. The van der Waals surface area contributed by atoms with Crippen LogP contribution in [0.15, 0.2) is 6.07 Å². The van der Waals surface area contributed by atoms with E-state index in [1.165, 1.54) is 5.56 Å². The summed E-state index contributed by atoms with van der Waals surface area (Å²) in [4.78, 5) is 11.3. The number of carboxylic acid groups (broad SMARTS) is 1. The van der Waals surface area contributed by atoms with Gasteiger partial charge in [-0.05, 0) is 62.3 Å².